The predicted molar refractivity (Wildman–Crippen MR) is 111 cm³/mol. The molecule has 1 heterocycles. The number of benzene rings is 2. The summed E-state index contributed by atoms with van der Waals surface area (Å²) in [5.74, 6) is 1.49. The lowest BCUT2D eigenvalue weighted by Gasteiger charge is -2.35. The third kappa shape index (κ3) is 4.95. The van der Waals surface area contributed by atoms with Crippen LogP contribution in [0.5, 0.6) is 11.5 Å². The number of carbonyl (C=O) groups excluding carboxylic acids is 1. The number of rotatable bonds is 7. The zero-order chi connectivity index (χ0) is 19.8. The summed E-state index contributed by atoms with van der Waals surface area (Å²) >= 11 is 0. The van der Waals surface area contributed by atoms with Crippen LogP contribution in [0.2, 0.25) is 0 Å². The van der Waals surface area contributed by atoms with Gasteiger partial charge in [0.05, 0.1) is 25.9 Å². The molecule has 1 unspecified atom stereocenters. The van der Waals surface area contributed by atoms with E-state index in [1.807, 2.05) is 42.5 Å². The van der Waals surface area contributed by atoms with Crippen molar-refractivity contribution in [1.82, 2.24) is 10.2 Å². The fourth-order valence-corrected chi connectivity index (χ4v) is 3.71. The fourth-order valence-electron chi connectivity index (χ4n) is 3.71. The van der Waals surface area contributed by atoms with Crippen LogP contribution in [0, 0.1) is 0 Å². The Hall–Kier alpha value is -2.73. The summed E-state index contributed by atoms with van der Waals surface area (Å²) in [5.41, 5.74) is 1.75. The van der Waals surface area contributed by atoms with Crippen LogP contribution in [0.4, 0.5) is 10.5 Å². The quantitative estimate of drug-likeness (QED) is 0.757. The first-order valence-corrected chi connectivity index (χ1v) is 9.77. The van der Waals surface area contributed by atoms with Crippen molar-refractivity contribution in [1.29, 1.82) is 0 Å². The highest BCUT2D eigenvalue weighted by molar-refractivity contribution is 5.90. The van der Waals surface area contributed by atoms with E-state index in [2.05, 4.69) is 21.6 Å². The summed E-state index contributed by atoms with van der Waals surface area (Å²) < 4.78 is 10.9. The van der Waals surface area contributed by atoms with Gasteiger partial charge in [0.25, 0.3) is 0 Å². The maximum absolute atomic E-state index is 12.5. The van der Waals surface area contributed by atoms with Gasteiger partial charge in [-0.3, -0.25) is 4.90 Å². The molecule has 1 fully saturated rings. The van der Waals surface area contributed by atoms with Gasteiger partial charge in [-0.2, -0.15) is 0 Å². The Morgan fingerprint density at radius 2 is 1.61 bits per heavy atom. The highest BCUT2D eigenvalue weighted by Gasteiger charge is 2.25. The second-order valence-corrected chi connectivity index (χ2v) is 6.89. The molecule has 0 spiro atoms. The number of para-hydroxylation sites is 3. The number of likely N-dealkylation sites (tertiary alicyclic amines) is 1. The number of carbonyl (C=O) groups is 1. The topological polar surface area (TPSA) is 62.8 Å². The molecular weight excluding hydrogens is 354 g/mol. The van der Waals surface area contributed by atoms with Crippen LogP contribution in [0.25, 0.3) is 0 Å². The molecule has 6 nitrogen and oxygen atoms in total. The molecule has 1 aliphatic rings. The van der Waals surface area contributed by atoms with E-state index in [-0.39, 0.29) is 12.1 Å². The van der Waals surface area contributed by atoms with Crippen LogP contribution < -0.4 is 20.1 Å². The second kappa shape index (κ2) is 9.99. The van der Waals surface area contributed by atoms with Crippen LogP contribution in [0.3, 0.4) is 0 Å². The number of piperidine rings is 1. The lowest BCUT2D eigenvalue weighted by molar-refractivity contribution is 0.158. The van der Waals surface area contributed by atoms with E-state index in [0.717, 1.165) is 24.4 Å². The van der Waals surface area contributed by atoms with Gasteiger partial charge in [0.2, 0.25) is 0 Å². The first-order valence-electron chi connectivity index (χ1n) is 9.77. The standard InChI is InChI=1S/C22H29N3O3/c1-27-20-12-6-4-10-17(20)19(25-14-8-3-9-15-25)16-23-22(26)24-18-11-5-7-13-21(18)28-2/h4-7,10-13,19H,3,8-9,14-16H2,1-2H3,(H2,23,24,26). The second-order valence-electron chi connectivity index (χ2n) is 6.89. The third-order valence-electron chi connectivity index (χ3n) is 5.14. The van der Waals surface area contributed by atoms with Gasteiger partial charge < -0.3 is 20.1 Å². The van der Waals surface area contributed by atoms with Crippen LogP contribution in [0.1, 0.15) is 30.9 Å². The van der Waals surface area contributed by atoms with Gasteiger partial charge in [-0.05, 0) is 44.1 Å². The summed E-state index contributed by atoms with van der Waals surface area (Å²) in [4.78, 5) is 15.0. The van der Waals surface area contributed by atoms with Gasteiger partial charge in [-0.25, -0.2) is 4.79 Å². The molecule has 0 radical (unpaired) electrons. The molecule has 0 saturated carbocycles. The monoisotopic (exact) mass is 383 g/mol. The number of urea groups is 1. The van der Waals surface area contributed by atoms with Crippen molar-refractivity contribution in [3.8, 4) is 11.5 Å². The summed E-state index contributed by atoms with van der Waals surface area (Å²) in [7, 11) is 3.28. The van der Waals surface area contributed by atoms with Crippen molar-refractivity contribution in [2.45, 2.75) is 25.3 Å². The SMILES string of the molecule is COc1ccccc1NC(=O)NCC(c1ccccc1OC)N1CCCCC1. The lowest BCUT2D eigenvalue weighted by Crippen LogP contribution is -2.41. The number of amides is 2. The van der Waals surface area contributed by atoms with Crippen LogP contribution in [-0.2, 0) is 0 Å². The van der Waals surface area contributed by atoms with Gasteiger partial charge in [0, 0.05) is 12.1 Å². The van der Waals surface area contributed by atoms with E-state index < -0.39 is 0 Å². The van der Waals surface area contributed by atoms with Gasteiger partial charge >= 0.3 is 6.03 Å². The van der Waals surface area contributed by atoms with Crippen molar-refractivity contribution >= 4 is 11.7 Å². The first kappa shape index (κ1) is 20.0. The molecule has 1 aliphatic heterocycles. The van der Waals surface area contributed by atoms with Gasteiger partial charge in [0.15, 0.2) is 0 Å². The van der Waals surface area contributed by atoms with E-state index >= 15 is 0 Å². The molecule has 150 valence electrons. The fraction of sp³-hybridized carbons (Fsp3) is 0.409. The molecule has 1 saturated heterocycles. The first-order chi connectivity index (χ1) is 13.7. The van der Waals surface area contributed by atoms with Gasteiger partial charge in [0.1, 0.15) is 11.5 Å². The van der Waals surface area contributed by atoms with Crippen molar-refractivity contribution < 1.29 is 14.3 Å². The number of anilines is 1. The molecule has 2 amide bonds. The van der Waals surface area contributed by atoms with Crippen molar-refractivity contribution in [2.75, 3.05) is 39.2 Å². The molecule has 0 aromatic heterocycles. The average molecular weight is 383 g/mol. The Morgan fingerprint density at radius 3 is 2.32 bits per heavy atom. The van der Waals surface area contributed by atoms with Crippen molar-refractivity contribution in [3.63, 3.8) is 0 Å². The Labute approximate surface area is 166 Å². The minimum absolute atomic E-state index is 0.0693. The van der Waals surface area contributed by atoms with E-state index in [4.69, 9.17) is 9.47 Å². The molecule has 2 aromatic carbocycles. The average Bonchev–Trinajstić information content (AvgIpc) is 2.75. The molecule has 3 rings (SSSR count). The highest BCUT2D eigenvalue weighted by atomic mass is 16.5. The predicted octanol–water partition coefficient (Wildman–Crippen LogP) is 4.05. The van der Waals surface area contributed by atoms with E-state index in [9.17, 15) is 4.79 Å². The zero-order valence-electron chi connectivity index (χ0n) is 16.6. The number of hydrogen-bond donors (Lipinski definition) is 2. The smallest absolute Gasteiger partial charge is 0.319 e. The van der Waals surface area contributed by atoms with E-state index in [1.54, 1.807) is 14.2 Å². The molecule has 2 aromatic rings. The van der Waals surface area contributed by atoms with Crippen LogP contribution in [-0.4, -0.2) is 44.8 Å². The summed E-state index contributed by atoms with van der Waals surface area (Å²) in [6.07, 6.45) is 3.62. The Morgan fingerprint density at radius 1 is 0.964 bits per heavy atom. The minimum Gasteiger partial charge on any atom is -0.496 e. The zero-order valence-corrected chi connectivity index (χ0v) is 16.6. The number of nitrogens with one attached hydrogen (secondary N) is 2. The van der Waals surface area contributed by atoms with Gasteiger partial charge in [-0.15, -0.1) is 0 Å². The van der Waals surface area contributed by atoms with Crippen LogP contribution >= 0.6 is 0 Å². The maximum Gasteiger partial charge on any atom is 0.319 e. The number of methoxy groups -OCH3 is 2. The van der Waals surface area contributed by atoms with E-state index in [1.165, 1.54) is 19.3 Å². The third-order valence-corrected chi connectivity index (χ3v) is 5.14. The molecule has 28 heavy (non-hydrogen) atoms. The molecule has 6 heteroatoms. The lowest BCUT2D eigenvalue weighted by atomic mass is 10.0. The number of nitrogens with zero attached hydrogens (tertiary/aromatic N) is 1. The molecule has 2 N–H and O–H groups in total. The molecule has 1 atom stereocenters. The molecule has 0 bridgehead atoms. The summed E-state index contributed by atoms with van der Waals surface area (Å²) in [6, 6.07) is 15.2. The van der Waals surface area contributed by atoms with Gasteiger partial charge in [-0.1, -0.05) is 36.8 Å². The molecule has 0 aliphatic carbocycles. The van der Waals surface area contributed by atoms with Crippen molar-refractivity contribution in [2.24, 2.45) is 0 Å². The normalized spacial score (nSPS) is 15.5. The Kier molecular flexibility index (Phi) is 7.14. The summed E-state index contributed by atoms with van der Waals surface area (Å²) in [6.45, 7) is 2.55. The summed E-state index contributed by atoms with van der Waals surface area (Å²) in [5, 5.41) is 5.90. The minimum atomic E-state index is -0.249. The Balaban J connectivity index is 1.71. The van der Waals surface area contributed by atoms with E-state index in [0.29, 0.717) is 18.0 Å². The Bertz CT molecular complexity index is 775. The number of ether oxygens (including phenoxy) is 2. The molecular formula is C22H29N3O3. The number of hydrogen-bond acceptors (Lipinski definition) is 4. The maximum atomic E-state index is 12.5. The van der Waals surface area contributed by atoms with Crippen molar-refractivity contribution in [3.05, 3.63) is 54.1 Å². The highest BCUT2D eigenvalue weighted by Crippen LogP contribution is 2.31. The van der Waals surface area contributed by atoms with Crippen LogP contribution in [0.15, 0.2) is 48.5 Å². The largest absolute Gasteiger partial charge is 0.496 e.